The van der Waals surface area contributed by atoms with Gasteiger partial charge in [0.1, 0.15) is 6.61 Å². The molecule has 2 aliphatic rings. The number of amides is 1. The zero-order valence-corrected chi connectivity index (χ0v) is 14.7. The number of rotatable bonds is 2. The van der Waals surface area contributed by atoms with Gasteiger partial charge in [-0.2, -0.15) is 0 Å². The largest absolute Gasteiger partial charge is 0.488 e. The Morgan fingerprint density at radius 2 is 1.96 bits per heavy atom. The number of hydrogen-bond donors (Lipinski definition) is 0. The van der Waals surface area contributed by atoms with Gasteiger partial charge in [-0.05, 0) is 43.5 Å². The van der Waals surface area contributed by atoms with E-state index in [0.29, 0.717) is 29.5 Å². The van der Waals surface area contributed by atoms with Crippen LogP contribution in [0.2, 0.25) is 5.02 Å². The molecule has 25 heavy (non-hydrogen) atoms. The number of carbonyl (C=O) groups is 1. The summed E-state index contributed by atoms with van der Waals surface area (Å²) >= 11 is 6.12. The van der Waals surface area contributed by atoms with Crippen LogP contribution in [0, 0.1) is 0 Å². The summed E-state index contributed by atoms with van der Waals surface area (Å²) in [6.45, 7) is 2.89. The first-order valence-electron chi connectivity index (χ1n) is 8.67. The second-order valence-electron chi connectivity index (χ2n) is 6.38. The predicted molar refractivity (Wildman–Crippen MR) is 97.9 cm³/mol. The van der Waals surface area contributed by atoms with Crippen molar-refractivity contribution in [1.29, 1.82) is 0 Å². The number of ether oxygens (including phenoxy) is 1. The summed E-state index contributed by atoms with van der Waals surface area (Å²) in [6.07, 6.45) is 5.00. The fourth-order valence-corrected chi connectivity index (χ4v) is 3.58. The Balaban J connectivity index is 1.63. The summed E-state index contributed by atoms with van der Waals surface area (Å²) in [5.41, 5.74) is 1.56. The van der Waals surface area contributed by atoms with E-state index in [1.54, 1.807) is 6.20 Å². The first kappa shape index (κ1) is 16.2. The number of likely N-dealkylation sites (tertiary alicyclic amines) is 1. The molecule has 0 radical (unpaired) electrons. The quantitative estimate of drug-likeness (QED) is 0.818. The van der Waals surface area contributed by atoms with Gasteiger partial charge in [-0.25, -0.2) is 4.98 Å². The fraction of sp³-hybridized carbons (Fsp3) is 0.368. The van der Waals surface area contributed by atoms with Crippen LogP contribution in [-0.4, -0.2) is 42.0 Å². The van der Waals surface area contributed by atoms with E-state index in [1.807, 2.05) is 35.2 Å². The van der Waals surface area contributed by atoms with E-state index in [-0.39, 0.29) is 5.91 Å². The number of anilines is 2. The molecule has 0 atom stereocenters. The lowest BCUT2D eigenvalue weighted by Crippen LogP contribution is -2.36. The van der Waals surface area contributed by atoms with Crippen LogP contribution in [-0.2, 0) is 0 Å². The molecule has 6 heteroatoms. The van der Waals surface area contributed by atoms with Gasteiger partial charge < -0.3 is 14.5 Å². The van der Waals surface area contributed by atoms with E-state index in [4.69, 9.17) is 16.3 Å². The van der Waals surface area contributed by atoms with Crippen molar-refractivity contribution in [3.8, 4) is 5.75 Å². The van der Waals surface area contributed by atoms with Crippen molar-refractivity contribution in [2.45, 2.75) is 19.3 Å². The van der Waals surface area contributed by atoms with Crippen LogP contribution in [0.4, 0.5) is 11.5 Å². The monoisotopic (exact) mass is 357 g/mol. The molecule has 0 spiro atoms. The molecule has 0 N–H and O–H groups in total. The minimum Gasteiger partial charge on any atom is -0.488 e. The third-order valence-corrected chi connectivity index (χ3v) is 4.91. The second kappa shape index (κ2) is 6.92. The van der Waals surface area contributed by atoms with Crippen molar-refractivity contribution in [2.24, 2.45) is 0 Å². The Bertz CT molecular complexity index is 790. The molecule has 0 aliphatic carbocycles. The minimum absolute atomic E-state index is 0.0403. The average molecular weight is 358 g/mol. The molecule has 2 aliphatic heterocycles. The smallest absolute Gasteiger partial charge is 0.255 e. The van der Waals surface area contributed by atoms with Crippen LogP contribution in [0.5, 0.6) is 5.75 Å². The maximum atomic E-state index is 12.7. The Labute approximate surface area is 152 Å². The summed E-state index contributed by atoms with van der Waals surface area (Å²) in [5, 5.41) is 0.683. The Morgan fingerprint density at radius 3 is 2.76 bits per heavy atom. The van der Waals surface area contributed by atoms with E-state index >= 15 is 0 Å². The molecular weight excluding hydrogens is 338 g/mol. The molecule has 1 aromatic heterocycles. The number of piperidine rings is 1. The number of aromatic nitrogens is 1. The highest BCUT2D eigenvalue weighted by atomic mass is 35.5. The van der Waals surface area contributed by atoms with Crippen LogP contribution in [0.3, 0.4) is 0 Å². The van der Waals surface area contributed by atoms with Gasteiger partial charge in [0.2, 0.25) is 0 Å². The van der Waals surface area contributed by atoms with Gasteiger partial charge in [0.15, 0.2) is 11.6 Å². The molecule has 5 nitrogen and oxygen atoms in total. The number of hydrogen-bond acceptors (Lipinski definition) is 4. The van der Waals surface area contributed by atoms with Crippen molar-refractivity contribution >= 4 is 29.0 Å². The van der Waals surface area contributed by atoms with E-state index in [9.17, 15) is 4.79 Å². The highest BCUT2D eigenvalue weighted by Crippen LogP contribution is 2.36. The number of pyridine rings is 1. The van der Waals surface area contributed by atoms with Crippen LogP contribution in [0.25, 0.3) is 0 Å². The lowest BCUT2D eigenvalue weighted by atomic mass is 10.1. The maximum absolute atomic E-state index is 12.7. The summed E-state index contributed by atoms with van der Waals surface area (Å²) in [5.74, 6) is 1.41. The standard InChI is InChI=1S/C19H20ClN3O2/c20-15-5-4-6-16(12-15)23-9-10-25-17-11-14(13-21-18(17)23)19(24)22-7-2-1-3-8-22/h4-6,11-13H,1-3,7-10H2. The first-order valence-corrected chi connectivity index (χ1v) is 9.05. The van der Waals surface area contributed by atoms with Crippen LogP contribution in [0.1, 0.15) is 29.6 Å². The number of carbonyl (C=O) groups excluding carboxylic acids is 1. The minimum atomic E-state index is 0.0403. The highest BCUT2D eigenvalue weighted by molar-refractivity contribution is 6.30. The summed E-state index contributed by atoms with van der Waals surface area (Å²) in [6, 6.07) is 9.48. The normalized spacial score (nSPS) is 17.0. The zero-order chi connectivity index (χ0) is 17.2. The lowest BCUT2D eigenvalue weighted by molar-refractivity contribution is 0.0723. The molecule has 3 heterocycles. The zero-order valence-electron chi connectivity index (χ0n) is 13.9. The van der Waals surface area contributed by atoms with Gasteiger partial charge in [0.25, 0.3) is 5.91 Å². The molecular formula is C19H20ClN3O2. The third-order valence-electron chi connectivity index (χ3n) is 4.67. The topological polar surface area (TPSA) is 45.7 Å². The van der Waals surface area contributed by atoms with Crippen molar-refractivity contribution < 1.29 is 9.53 Å². The van der Waals surface area contributed by atoms with Gasteiger partial charge >= 0.3 is 0 Å². The molecule has 130 valence electrons. The third kappa shape index (κ3) is 3.29. The maximum Gasteiger partial charge on any atom is 0.255 e. The van der Waals surface area contributed by atoms with Crippen LogP contribution >= 0.6 is 11.6 Å². The van der Waals surface area contributed by atoms with Gasteiger partial charge in [0, 0.05) is 30.0 Å². The Kier molecular flexibility index (Phi) is 4.49. The van der Waals surface area contributed by atoms with E-state index in [1.165, 1.54) is 6.42 Å². The lowest BCUT2D eigenvalue weighted by Gasteiger charge is -2.31. The van der Waals surface area contributed by atoms with Gasteiger partial charge in [-0.15, -0.1) is 0 Å². The fourth-order valence-electron chi connectivity index (χ4n) is 3.39. The SMILES string of the molecule is O=C(c1cnc2c(c1)OCCN2c1cccc(Cl)c1)N1CCCCC1. The Hall–Kier alpha value is -2.27. The Morgan fingerprint density at radius 1 is 1.12 bits per heavy atom. The molecule has 0 bridgehead atoms. The first-order chi connectivity index (χ1) is 12.2. The van der Waals surface area contributed by atoms with E-state index in [0.717, 1.165) is 37.4 Å². The number of fused-ring (bicyclic) bond motifs is 1. The highest BCUT2D eigenvalue weighted by Gasteiger charge is 2.25. The van der Waals surface area contributed by atoms with Crippen LogP contribution in [0.15, 0.2) is 36.5 Å². The predicted octanol–water partition coefficient (Wildman–Crippen LogP) is 3.89. The molecule has 1 amide bonds. The van der Waals surface area contributed by atoms with Gasteiger partial charge in [-0.1, -0.05) is 17.7 Å². The molecule has 1 aromatic carbocycles. The van der Waals surface area contributed by atoms with Crippen molar-refractivity contribution in [3.05, 3.63) is 47.1 Å². The molecule has 4 rings (SSSR count). The van der Waals surface area contributed by atoms with Crippen molar-refractivity contribution in [1.82, 2.24) is 9.88 Å². The van der Waals surface area contributed by atoms with Gasteiger partial charge in [-0.3, -0.25) is 4.79 Å². The van der Waals surface area contributed by atoms with Gasteiger partial charge in [0.05, 0.1) is 12.1 Å². The van der Waals surface area contributed by atoms with E-state index < -0.39 is 0 Å². The summed E-state index contributed by atoms with van der Waals surface area (Å²) < 4.78 is 5.78. The summed E-state index contributed by atoms with van der Waals surface area (Å²) in [4.78, 5) is 21.2. The molecule has 1 fully saturated rings. The number of benzene rings is 1. The number of halogens is 1. The molecule has 0 saturated carbocycles. The molecule has 0 unspecified atom stereocenters. The summed E-state index contributed by atoms with van der Waals surface area (Å²) in [7, 11) is 0. The average Bonchev–Trinajstić information content (AvgIpc) is 2.67. The van der Waals surface area contributed by atoms with Crippen LogP contribution < -0.4 is 9.64 Å². The second-order valence-corrected chi connectivity index (χ2v) is 6.82. The molecule has 1 saturated heterocycles. The van der Waals surface area contributed by atoms with Crippen molar-refractivity contribution in [3.63, 3.8) is 0 Å². The van der Waals surface area contributed by atoms with Crippen molar-refractivity contribution in [2.75, 3.05) is 31.1 Å². The van der Waals surface area contributed by atoms with E-state index in [2.05, 4.69) is 9.88 Å². The number of nitrogens with zero attached hydrogens (tertiary/aromatic N) is 3. The molecule has 2 aromatic rings.